The first kappa shape index (κ1) is 22.3. The Morgan fingerprint density at radius 3 is 2.48 bits per heavy atom. The van der Waals surface area contributed by atoms with Gasteiger partial charge in [0.1, 0.15) is 23.8 Å². The van der Waals surface area contributed by atoms with Gasteiger partial charge < -0.3 is 29.2 Å². The van der Waals surface area contributed by atoms with Gasteiger partial charge in [-0.05, 0) is 49.6 Å². The van der Waals surface area contributed by atoms with E-state index in [1.807, 2.05) is 18.2 Å². The van der Waals surface area contributed by atoms with E-state index in [2.05, 4.69) is 10.3 Å². The summed E-state index contributed by atoms with van der Waals surface area (Å²) in [6, 6.07) is 5.53. The third kappa shape index (κ3) is 5.51. The van der Waals surface area contributed by atoms with Crippen LogP contribution in [0.1, 0.15) is 37.7 Å². The molecule has 0 atom stereocenters. The maximum atomic E-state index is 12.6. The maximum absolute atomic E-state index is 12.6. The molecule has 0 unspecified atom stereocenters. The number of carbonyl (C=O) groups is 2. The number of nitrogens with one attached hydrogen (secondary N) is 2. The zero-order valence-electron chi connectivity index (χ0n) is 17.5. The SMILES string of the molecule is COCCOC(=O)c1c(C)[nH]c(C(=O)NCCc2cc(OC)ccc2OC)c1C. The normalized spacial score (nSPS) is 10.5. The van der Waals surface area contributed by atoms with Gasteiger partial charge in [0.2, 0.25) is 0 Å². The molecule has 1 aromatic carbocycles. The molecule has 158 valence electrons. The molecule has 0 aliphatic carbocycles. The summed E-state index contributed by atoms with van der Waals surface area (Å²) in [4.78, 5) is 27.9. The van der Waals surface area contributed by atoms with Crippen LogP contribution in [0.15, 0.2) is 18.2 Å². The van der Waals surface area contributed by atoms with Crippen LogP contribution in [0.2, 0.25) is 0 Å². The van der Waals surface area contributed by atoms with E-state index in [0.29, 0.717) is 42.1 Å². The standard InChI is InChI=1S/C21H28N2O6/c1-13-18(21(25)29-11-10-26-3)14(2)23-19(13)20(24)22-9-8-15-12-16(27-4)6-7-17(15)28-5/h6-7,12,23H,8-11H2,1-5H3,(H,22,24). The minimum absolute atomic E-state index is 0.156. The number of aromatic amines is 1. The van der Waals surface area contributed by atoms with Gasteiger partial charge in [-0.1, -0.05) is 0 Å². The quantitative estimate of drug-likeness (QED) is 0.466. The molecule has 29 heavy (non-hydrogen) atoms. The number of esters is 1. The minimum Gasteiger partial charge on any atom is -0.497 e. The number of carbonyl (C=O) groups excluding carboxylic acids is 2. The predicted molar refractivity (Wildman–Crippen MR) is 108 cm³/mol. The number of aryl methyl sites for hydroxylation is 1. The fourth-order valence-electron chi connectivity index (χ4n) is 3.05. The maximum Gasteiger partial charge on any atom is 0.340 e. The van der Waals surface area contributed by atoms with Gasteiger partial charge in [-0.25, -0.2) is 4.79 Å². The lowest BCUT2D eigenvalue weighted by Gasteiger charge is -2.11. The number of rotatable bonds is 10. The first-order valence-electron chi connectivity index (χ1n) is 9.27. The van der Waals surface area contributed by atoms with Crippen molar-refractivity contribution < 1.29 is 28.5 Å². The Morgan fingerprint density at radius 1 is 1.07 bits per heavy atom. The molecule has 0 aliphatic rings. The molecule has 1 amide bonds. The van der Waals surface area contributed by atoms with E-state index in [9.17, 15) is 9.59 Å². The highest BCUT2D eigenvalue weighted by molar-refractivity contribution is 6.00. The van der Waals surface area contributed by atoms with Gasteiger partial charge in [0.15, 0.2) is 0 Å². The Hall–Kier alpha value is -3.00. The van der Waals surface area contributed by atoms with E-state index in [4.69, 9.17) is 18.9 Å². The van der Waals surface area contributed by atoms with Gasteiger partial charge in [-0.15, -0.1) is 0 Å². The molecule has 0 radical (unpaired) electrons. The second kappa shape index (κ2) is 10.5. The predicted octanol–water partition coefficient (Wildman–Crippen LogP) is 2.42. The largest absolute Gasteiger partial charge is 0.497 e. The Labute approximate surface area is 170 Å². The lowest BCUT2D eigenvalue weighted by Crippen LogP contribution is -2.26. The first-order chi connectivity index (χ1) is 13.9. The highest BCUT2D eigenvalue weighted by atomic mass is 16.6. The molecular weight excluding hydrogens is 376 g/mol. The Bertz CT molecular complexity index is 859. The smallest absolute Gasteiger partial charge is 0.340 e. The summed E-state index contributed by atoms with van der Waals surface area (Å²) in [5, 5.41) is 2.87. The number of ether oxygens (including phenoxy) is 4. The van der Waals surface area contributed by atoms with E-state index < -0.39 is 5.97 Å². The summed E-state index contributed by atoms with van der Waals surface area (Å²) >= 11 is 0. The third-order valence-electron chi connectivity index (χ3n) is 4.56. The van der Waals surface area contributed by atoms with Gasteiger partial charge in [-0.3, -0.25) is 4.79 Å². The topological polar surface area (TPSA) is 98.9 Å². The second-order valence-electron chi connectivity index (χ2n) is 6.44. The van der Waals surface area contributed by atoms with Crippen LogP contribution in [0.4, 0.5) is 0 Å². The van der Waals surface area contributed by atoms with Crippen LogP contribution in [-0.2, 0) is 15.9 Å². The summed E-state index contributed by atoms with van der Waals surface area (Å²) in [6.07, 6.45) is 0.566. The summed E-state index contributed by atoms with van der Waals surface area (Å²) in [5.74, 6) is 0.685. The molecule has 0 bridgehead atoms. The molecule has 8 heteroatoms. The Balaban J connectivity index is 2.03. The van der Waals surface area contributed by atoms with Crippen molar-refractivity contribution in [2.75, 3.05) is 41.1 Å². The summed E-state index contributed by atoms with van der Waals surface area (Å²) in [7, 11) is 4.73. The average molecular weight is 404 g/mol. The van der Waals surface area contributed by atoms with Crippen molar-refractivity contribution in [3.05, 3.63) is 46.3 Å². The first-order valence-corrected chi connectivity index (χ1v) is 9.27. The molecule has 0 spiro atoms. The van der Waals surface area contributed by atoms with Crippen molar-refractivity contribution in [1.29, 1.82) is 0 Å². The molecule has 1 heterocycles. The van der Waals surface area contributed by atoms with Gasteiger partial charge in [0.05, 0.1) is 26.4 Å². The van der Waals surface area contributed by atoms with Crippen LogP contribution >= 0.6 is 0 Å². The fourth-order valence-corrected chi connectivity index (χ4v) is 3.05. The summed E-state index contributed by atoms with van der Waals surface area (Å²) < 4.78 is 20.6. The van der Waals surface area contributed by atoms with Crippen LogP contribution in [0.5, 0.6) is 11.5 Å². The molecule has 2 N–H and O–H groups in total. The zero-order chi connectivity index (χ0) is 21.4. The second-order valence-corrected chi connectivity index (χ2v) is 6.44. The van der Waals surface area contributed by atoms with Crippen molar-refractivity contribution in [2.45, 2.75) is 20.3 Å². The van der Waals surface area contributed by atoms with Crippen molar-refractivity contribution >= 4 is 11.9 Å². The molecule has 0 fully saturated rings. The van der Waals surface area contributed by atoms with Crippen molar-refractivity contribution in [2.24, 2.45) is 0 Å². The van der Waals surface area contributed by atoms with E-state index in [-0.39, 0.29) is 12.5 Å². The fraction of sp³-hybridized carbons (Fsp3) is 0.429. The number of aromatic nitrogens is 1. The number of hydrogen-bond donors (Lipinski definition) is 2. The summed E-state index contributed by atoms with van der Waals surface area (Å²) in [5.41, 5.74) is 2.79. The molecule has 0 saturated heterocycles. The number of benzene rings is 1. The Morgan fingerprint density at radius 2 is 1.83 bits per heavy atom. The number of amides is 1. The minimum atomic E-state index is -0.478. The highest BCUT2D eigenvalue weighted by Crippen LogP contribution is 2.24. The van der Waals surface area contributed by atoms with Crippen LogP contribution in [0.3, 0.4) is 0 Å². The molecular formula is C21H28N2O6. The van der Waals surface area contributed by atoms with Crippen LogP contribution in [-0.4, -0.2) is 57.9 Å². The van der Waals surface area contributed by atoms with Gasteiger partial charge in [0.25, 0.3) is 5.91 Å². The lowest BCUT2D eigenvalue weighted by molar-refractivity contribution is 0.0387. The average Bonchev–Trinajstić information content (AvgIpc) is 3.02. The van der Waals surface area contributed by atoms with Crippen LogP contribution in [0, 0.1) is 13.8 Å². The van der Waals surface area contributed by atoms with Gasteiger partial charge >= 0.3 is 5.97 Å². The molecule has 2 rings (SSSR count). The highest BCUT2D eigenvalue weighted by Gasteiger charge is 2.23. The van der Waals surface area contributed by atoms with Crippen molar-refractivity contribution in [3.8, 4) is 11.5 Å². The van der Waals surface area contributed by atoms with Gasteiger partial charge in [-0.2, -0.15) is 0 Å². The molecule has 1 aromatic heterocycles. The molecule has 8 nitrogen and oxygen atoms in total. The van der Waals surface area contributed by atoms with Crippen LogP contribution < -0.4 is 14.8 Å². The number of hydrogen-bond acceptors (Lipinski definition) is 6. The van der Waals surface area contributed by atoms with E-state index in [1.165, 1.54) is 7.11 Å². The van der Waals surface area contributed by atoms with E-state index in [0.717, 1.165) is 17.1 Å². The van der Waals surface area contributed by atoms with E-state index in [1.54, 1.807) is 28.1 Å². The van der Waals surface area contributed by atoms with Gasteiger partial charge in [0, 0.05) is 19.3 Å². The summed E-state index contributed by atoms with van der Waals surface area (Å²) in [6.45, 7) is 4.32. The Kier molecular flexibility index (Phi) is 8.09. The number of H-pyrrole nitrogens is 1. The van der Waals surface area contributed by atoms with Crippen LogP contribution in [0.25, 0.3) is 0 Å². The molecule has 0 aliphatic heterocycles. The number of methoxy groups -OCH3 is 3. The monoisotopic (exact) mass is 404 g/mol. The third-order valence-corrected chi connectivity index (χ3v) is 4.56. The lowest BCUT2D eigenvalue weighted by atomic mass is 10.1. The molecule has 0 saturated carbocycles. The molecule has 2 aromatic rings. The van der Waals surface area contributed by atoms with E-state index >= 15 is 0 Å². The van der Waals surface area contributed by atoms with Crippen molar-refractivity contribution in [3.63, 3.8) is 0 Å². The van der Waals surface area contributed by atoms with Crippen molar-refractivity contribution in [1.82, 2.24) is 10.3 Å². The zero-order valence-corrected chi connectivity index (χ0v) is 17.5.